The summed E-state index contributed by atoms with van der Waals surface area (Å²) in [5.41, 5.74) is 1.12. The number of ether oxygens (including phenoxy) is 2. The van der Waals surface area contributed by atoms with E-state index in [4.69, 9.17) is 9.47 Å². The lowest BCUT2D eigenvalue weighted by Gasteiger charge is -2.35. The van der Waals surface area contributed by atoms with Gasteiger partial charge >= 0.3 is 0 Å². The van der Waals surface area contributed by atoms with Crippen molar-refractivity contribution in [1.82, 2.24) is 24.8 Å². The Bertz CT molecular complexity index is 836. The molecule has 2 aromatic rings. The van der Waals surface area contributed by atoms with Gasteiger partial charge in [0.2, 0.25) is 0 Å². The second-order valence-corrected chi connectivity index (χ2v) is 8.28. The van der Waals surface area contributed by atoms with Crippen LogP contribution in [0.5, 0.6) is 0 Å². The van der Waals surface area contributed by atoms with Crippen molar-refractivity contribution in [3.8, 4) is 5.82 Å². The number of guanidine groups is 1. The number of hydrogen-bond acceptors (Lipinski definition) is 5. The van der Waals surface area contributed by atoms with Crippen molar-refractivity contribution in [2.45, 2.75) is 57.8 Å². The second kappa shape index (κ2) is 10.7. The van der Waals surface area contributed by atoms with Gasteiger partial charge in [0.05, 0.1) is 18.8 Å². The molecular formula is C23H34N6O2. The zero-order chi connectivity index (χ0) is 21.5. The summed E-state index contributed by atoms with van der Waals surface area (Å²) < 4.78 is 13.9. The van der Waals surface area contributed by atoms with E-state index in [-0.39, 0.29) is 0 Å². The summed E-state index contributed by atoms with van der Waals surface area (Å²) in [7, 11) is 1.84. The zero-order valence-corrected chi connectivity index (χ0v) is 18.7. The minimum atomic E-state index is 0.291. The summed E-state index contributed by atoms with van der Waals surface area (Å²) in [6.45, 7) is 6.19. The van der Waals surface area contributed by atoms with E-state index in [0.717, 1.165) is 68.7 Å². The molecule has 4 rings (SSSR count). The van der Waals surface area contributed by atoms with Crippen LogP contribution in [0.15, 0.2) is 35.7 Å². The quantitative estimate of drug-likeness (QED) is 0.565. The summed E-state index contributed by atoms with van der Waals surface area (Å²) in [4.78, 5) is 15.6. The molecule has 1 atom stereocenters. The highest BCUT2D eigenvalue weighted by molar-refractivity contribution is 5.79. The molecule has 1 N–H and O–H groups in total. The summed E-state index contributed by atoms with van der Waals surface area (Å²) in [6, 6.07) is 4.11. The Morgan fingerprint density at radius 3 is 2.74 bits per heavy atom. The predicted molar refractivity (Wildman–Crippen MR) is 120 cm³/mol. The van der Waals surface area contributed by atoms with Crippen molar-refractivity contribution in [3.05, 3.63) is 42.1 Å². The molecule has 1 unspecified atom stereocenters. The maximum Gasteiger partial charge on any atom is 0.193 e. The van der Waals surface area contributed by atoms with Crippen molar-refractivity contribution >= 4 is 5.96 Å². The molecule has 0 spiro atoms. The van der Waals surface area contributed by atoms with E-state index in [1.807, 2.05) is 37.0 Å². The van der Waals surface area contributed by atoms with Gasteiger partial charge in [-0.2, -0.15) is 0 Å². The van der Waals surface area contributed by atoms with Gasteiger partial charge in [-0.05, 0) is 50.7 Å². The number of nitrogens with one attached hydrogen (secondary N) is 1. The molecule has 2 aliphatic rings. The molecule has 168 valence electrons. The van der Waals surface area contributed by atoms with Gasteiger partial charge < -0.3 is 19.7 Å². The van der Waals surface area contributed by atoms with Crippen LogP contribution >= 0.6 is 0 Å². The third-order valence-corrected chi connectivity index (χ3v) is 6.08. The maximum absolute atomic E-state index is 6.14. The van der Waals surface area contributed by atoms with Crippen LogP contribution in [0.4, 0.5) is 0 Å². The molecule has 8 heteroatoms. The topological polar surface area (TPSA) is 76.8 Å². The van der Waals surface area contributed by atoms with E-state index >= 15 is 0 Å². The third-order valence-electron chi connectivity index (χ3n) is 6.08. The SMILES string of the molecule is CN=C(NCc1ccc(-n2ccnc2C)nc1)N1CCC(OCC2CCCCO2)CC1. The molecule has 0 radical (unpaired) electrons. The van der Waals surface area contributed by atoms with E-state index in [1.165, 1.54) is 12.8 Å². The maximum atomic E-state index is 6.14. The summed E-state index contributed by atoms with van der Waals surface area (Å²) in [5, 5.41) is 3.48. The molecule has 31 heavy (non-hydrogen) atoms. The first-order chi connectivity index (χ1) is 15.2. The Kier molecular flexibility index (Phi) is 7.53. The number of imidazole rings is 1. The van der Waals surface area contributed by atoms with E-state index in [9.17, 15) is 0 Å². The van der Waals surface area contributed by atoms with Crippen molar-refractivity contribution < 1.29 is 9.47 Å². The first-order valence-electron chi connectivity index (χ1n) is 11.4. The van der Waals surface area contributed by atoms with E-state index in [0.29, 0.717) is 18.8 Å². The van der Waals surface area contributed by atoms with Crippen LogP contribution < -0.4 is 5.32 Å². The lowest BCUT2D eigenvalue weighted by atomic mass is 10.1. The Morgan fingerprint density at radius 1 is 1.23 bits per heavy atom. The molecule has 0 saturated carbocycles. The van der Waals surface area contributed by atoms with Crippen LogP contribution in [0.2, 0.25) is 0 Å². The van der Waals surface area contributed by atoms with Crippen molar-refractivity contribution in [2.24, 2.45) is 4.99 Å². The van der Waals surface area contributed by atoms with Crippen molar-refractivity contribution in [3.63, 3.8) is 0 Å². The monoisotopic (exact) mass is 426 g/mol. The molecule has 2 aliphatic heterocycles. The van der Waals surface area contributed by atoms with Crippen LogP contribution in [0.1, 0.15) is 43.5 Å². The fraction of sp³-hybridized carbons (Fsp3) is 0.609. The van der Waals surface area contributed by atoms with Gasteiger partial charge in [0.1, 0.15) is 11.6 Å². The summed E-state index contributed by atoms with van der Waals surface area (Å²) >= 11 is 0. The Hall–Kier alpha value is -2.45. The molecule has 0 aromatic carbocycles. The van der Waals surface area contributed by atoms with Crippen LogP contribution in [-0.4, -0.2) is 71.0 Å². The molecule has 4 heterocycles. The number of nitrogens with zero attached hydrogens (tertiary/aromatic N) is 5. The molecule has 2 saturated heterocycles. The van der Waals surface area contributed by atoms with Crippen LogP contribution in [-0.2, 0) is 16.0 Å². The summed E-state index contributed by atoms with van der Waals surface area (Å²) in [6.07, 6.45) is 11.8. The minimum Gasteiger partial charge on any atom is -0.376 e. The highest BCUT2D eigenvalue weighted by Gasteiger charge is 2.23. The number of hydrogen-bond donors (Lipinski definition) is 1. The van der Waals surface area contributed by atoms with Gasteiger partial charge in [-0.15, -0.1) is 0 Å². The predicted octanol–water partition coefficient (Wildman–Crippen LogP) is 2.70. The Morgan fingerprint density at radius 2 is 2.10 bits per heavy atom. The number of rotatable bonds is 6. The Balaban J connectivity index is 1.21. The molecule has 0 amide bonds. The first-order valence-corrected chi connectivity index (χ1v) is 11.4. The van der Waals surface area contributed by atoms with Gasteiger partial charge in [-0.1, -0.05) is 6.07 Å². The number of likely N-dealkylation sites (tertiary alicyclic amines) is 1. The minimum absolute atomic E-state index is 0.291. The smallest absolute Gasteiger partial charge is 0.193 e. The number of piperidine rings is 1. The normalized spacial score (nSPS) is 20.8. The largest absolute Gasteiger partial charge is 0.376 e. The Labute approximate surface area is 184 Å². The average Bonchev–Trinajstić information content (AvgIpc) is 3.26. The van der Waals surface area contributed by atoms with Gasteiger partial charge in [-0.25, -0.2) is 9.97 Å². The zero-order valence-electron chi connectivity index (χ0n) is 18.7. The number of aliphatic imine (C=N–C) groups is 1. The lowest BCUT2D eigenvalue weighted by molar-refractivity contribution is -0.0721. The van der Waals surface area contributed by atoms with Crippen LogP contribution in [0.25, 0.3) is 5.82 Å². The number of aromatic nitrogens is 3. The fourth-order valence-electron chi connectivity index (χ4n) is 4.21. The third kappa shape index (κ3) is 5.83. The highest BCUT2D eigenvalue weighted by atomic mass is 16.5. The van der Waals surface area contributed by atoms with E-state index < -0.39 is 0 Å². The highest BCUT2D eigenvalue weighted by Crippen LogP contribution is 2.18. The fourth-order valence-corrected chi connectivity index (χ4v) is 4.21. The van der Waals surface area contributed by atoms with Crippen LogP contribution in [0, 0.1) is 6.92 Å². The van der Waals surface area contributed by atoms with Gasteiger partial charge in [0, 0.05) is 51.9 Å². The van der Waals surface area contributed by atoms with Crippen molar-refractivity contribution in [2.75, 3.05) is 33.4 Å². The molecule has 8 nitrogen and oxygen atoms in total. The van der Waals surface area contributed by atoms with Gasteiger partial charge in [-0.3, -0.25) is 9.56 Å². The van der Waals surface area contributed by atoms with Crippen LogP contribution in [0.3, 0.4) is 0 Å². The average molecular weight is 427 g/mol. The first kappa shape index (κ1) is 21.8. The van der Waals surface area contributed by atoms with E-state index in [1.54, 1.807) is 6.20 Å². The number of pyridine rings is 1. The number of aryl methyl sites for hydroxylation is 1. The second-order valence-electron chi connectivity index (χ2n) is 8.28. The van der Waals surface area contributed by atoms with Crippen molar-refractivity contribution in [1.29, 1.82) is 0 Å². The van der Waals surface area contributed by atoms with Gasteiger partial charge in [0.15, 0.2) is 5.96 Å². The molecule has 0 aliphatic carbocycles. The summed E-state index contributed by atoms with van der Waals surface area (Å²) in [5.74, 6) is 2.74. The molecule has 0 bridgehead atoms. The molecule has 2 aromatic heterocycles. The van der Waals surface area contributed by atoms with Gasteiger partial charge in [0.25, 0.3) is 0 Å². The molecule has 2 fully saturated rings. The lowest BCUT2D eigenvalue weighted by Crippen LogP contribution is -2.47. The molecular weight excluding hydrogens is 392 g/mol. The van der Waals surface area contributed by atoms with E-state index in [2.05, 4.69) is 31.2 Å². The standard InChI is InChI=1S/C23H34N6O2/c1-18-25-10-13-29(18)22-7-6-19(15-26-22)16-27-23(24-2)28-11-8-20(9-12-28)31-17-21-5-3-4-14-30-21/h6-7,10,13,15,20-21H,3-5,8-9,11-12,14,16-17H2,1-2H3,(H,24,27).